The van der Waals surface area contributed by atoms with Gasteiger partial charge in [0, 0.05) is 28.0 Å². The lowest BCUT2D eigenvalue weighted by molar-refractivity contribution is -0.120. The fourth-order valence-corrected chi connectivity index (χ4v) is 4.58. The lowest BCUT2D eigenvalue weighted by Gasteiger charge is -2.19. The van der Waals surface area contributed by atoms with Crippen LogP contribution in [0, 0.1) is 3.57 Å². The van der Waals surface area contributed by atoms with E-state index < -0.39 is 0 Å². The van der Waals surface area contributed by atoms with Gasteiger partial charge in [-0.05, 0) is 34.7 Å². The number of ether oxygens (including phenoxy) is 2. The molecule has 0 unspecified atom stereocenters. The van der Waals surface area contributed by atoms with Crippen molar-refractivity contribution in [2.45, 2.75) is 29.9 Å². The van der Waals surface area contributed by atoms with Crippen molar-refractivity contribution in [3.63, 3.8) is 0 Å². The number of carbonyl (C=O) groups excluding carboxylic acids is 1. The Labute approximate surface area is 184 Å². The third-order valence-electron chi connectivity index (χ3n) is 4.30. The molecule has 152 valence electrons. The largest absolute Gasteiger partial charge is 0.486 e. The lowest BCUT2D eigenvalue weighted by atomic mass is 10.3. The van der Waals surface area contributed by atoms with Crippen LogP contribution in [0.25, 0.3) is 11.2 Å². The van der Waals surface area contributed by atoms with E-state index in [9.17, 15) is 4.79 Å². The number of carbonyl (C=O) groups is 1. The number of rotatable bonds is 6. The monoisotopic (exact) mass is 526 g/mol. The Morgan fingerprint density at radius 3 is 2.83 bits per heavy atom. The zero-order valence-corrected chi connectivity index (χ0v) is 18.6. The highest BCUT2D eigenvalue weighted by Crippen LogP contribution is 2.40. The molecule has 1 amide bonds. The van der Waals surface area contributed by atoms with Gasteiger partial charge in [0.05, 0.1) is 0 Å². The third kappa shape index (κ3) is 4.20. The molecule has 1 aliphatic heterocycles. The van der Waals surface area contributed by atoms with Crippen molar-refractivity contribution in [1.82, 2.24) is 24.8 Å². The van der Waals surface area contributed by atoms with Crippen molar-refractivity contribution >= 4 is 57.2 Å². The van der Waals surface area contributed by atoms with Crippen molar-refractivity contribution in [2.75, 3.05) is 25.5 Å². The van der Waals surface area contributed by atoms with Crippen LogP contribution < -0.4 is 20.5 Å². The van der Waals surface area contributed by atoms with E-state index in [1.54, 1.807) is 0 Å². The van der Waals surface area contributed by atoms with Crippen LogP contribution in [0.3, 0.4) is 0 Å². The average molecular weight is 526 g/mol. The van der Waals surface area contributed by atoms with Crippen LogP contribution in [0.1, 0.15) is 13.3 Å². The molecule has 1 aliphatic rings. The second-order valence-corrected chi connectivity index (χ2v) is 8.38. The molecule has 0 atom stereocenters. The normalized spacial score (nSPS) is 12.9. The van der Waals surface area contributed by atoms with Crippen LogP contribution in [0.4, 0.5) is 5.82 Å². The fourth-order valence-electron chi connectivity index (χ4n) is 2.87. The summed E-state index contributed by atoms with van der Waals surface area (Å²) in [6.45, 7) is 3.88. The van der Waals surface area contributed by atoms with Gasteiger partial charge in [0.1, 0.15) is 19.5 Å². The molecular formula is C18H19IN6O3S. The minimum Gasteiger partial charge on any atom is -0.486 e. The van der Waals surface area contributed by atoms with E-state index in [1.165, 1.54) is 18.1 Å². The van der Waals surface area contributed by atoms with Crippen LogP contribution in [-0.4, -0.2) is 45.2 Å². The highest BCUT2D eigenvalue weighted by molar-refractivity contribution is 14.1. The summed E-state index contributed by atoms with van der Waals surface area (Å²) in [5.74, 6) is 1.79. The summed E-state index contributed by atoms with van der Waals surface area (Å²) < 4.78 is 14.3. The first-order chi connectivity index (χ1) is 14.1. The number of amides is 1. The van der Waals surface area contributed by atoms with E-state index in [-0.39, 0.29) is 5.91 Å². The smallest absolute Gasteiger partial charge is 0.219 e. The Morgan fingerprint density at radius 1 is 1.31 bits per heavy atom. The maximum Gasteiger partial charge on any atom is 0.219 e. The molecule has 0 spiro atoms. The molecule has 0 fully saturated rings. The molecular weight excluding hydrogens is 507 g/mol. The van der Waals surface area contributed by atoms with Gasteiger partial charge in [0.25, 0.3) is 0 Å². The molecule has 3 aromatic rings. The Morgan fingerprint density at radius 2 is 2.07 bits per heavy atom. The van der Waals surface area contributed by atoms with E-state index >= 15 is 0 Å². The molecule has 29 heavy (non-hydrogen) atoms. The number of hydrogen-bond donors (Lipinski definition) is 2. The molecule has 3 N–H and O–H groups in total. The third-order valence-corrected chi connectivity index (χ3v) is 6.61. The standard InChI is InChI=1S/C18H19IN6O3S/c1-2-14(26)21-3-4-25-17-15(16(20)22-9-23-17)24-18(25)29-13-8-12-11(7-10(13)19)27-5-6-28-12/h7-9H,2-6H2,1H3,(H,21,26)(H2,20,22,23). The highest BCUT2D eigenvalue weighted by Gasteiger charge is 2.20. The maximum atomic E-state index is 11.6. The van der Waals surface area contributed by atoms with Gasteiger partial charge in [-0.1, -0.05) is 18.7 Å². The predicted octanol–water partition coefficient (Wildman–Crippen LogP) is 2.46. The molecule has 0 saturated carbocycles. The summed E-state index contributed by atoms with van der Waals surface area (Å²) in [5, 5.41) is 3.60. The number of hydrogen-bond acceptors (Lipinski definition) is 8. The number of nitrogens with zero attached hydrogens (tertiary/aromatic N) is 4. The van der Waals surface area contributed by atoms with Gasteiger partial charge in [0.2, 0.25) is 5.91 Å². The van der Waals surface area contributed by atoms with Gasteiger partial charge in [-0.15, -0.1) is 0 Å². The summed E-state index contributed by atoms with van der Waals surface area (Å²) in [6, 6.07) is 3.92. The number of nitrogens with two attached hydrogens (primary N) is 1. The number of halogens is 1. The van der Waals surface area contributed by atoms with Crippen molar-refractivity contribution in [3.05, 3.63) is 22.0 Å². The van der Waals surface area contributed by atoms with E-state index in [2.05, 4.69) is 42.9 Å². The van der Waals surface area contributed by atoms with E-state index in [4.69, 9.17) is 15.2 Å². The number of fused-ring (bicyclic) bond motifs is 2. The maximum absolute atomic E-state index is 11.6. The second kappa shape index (κ2) is 8.61. The summed E-state index contributed by atoms with van der Waals surface area (Å²) >= 11 is 3.75. The zero-order valence-electron chi connectivity index (χ0n) is 15.6. The van der Waals surface area contributed by atoms with Crippen molar-refractivity contribution in [1.29, 1.82) is 0 Å². The Hall–Kier alpha value is -2.28. The van der Waals surface area contributed by atoms with Crippen LogP contribution in [0.2, 0.25) is 0 Å². The molecule has 9 nitrogen and oxygen atoms in total. The zero-order chi connectivity index (χ0) is 20.4. The van der Waals surface area contributed by atoms with Crippen molar-refractivity contribution in [2.24, 2.45) is 0 Å². The van der Waals surface area contributed by atoms with Gasteiger partial charge in [0.15, 0.2) is 33.6 Å². The van der Waals surface area contributed by atoms with Crippen LogP contribution >= 0.6 is 34.4 Å². The SMILES string of the molecule is CCC(=O)NCCn1c(Sc2cc3c(cc2I)OCCO3)nc2c(N)ncnc21. The van der Waals surface area contributed by atoms with E-state index in [0.717, 1.165) is 20.0 Å². The van der Waals surface area contributed by atoms with Crippen molar-refractivity contribution < 1.29 is 14.3 Å². The first kappa shape index (κ1) is 20.0. The number of aromatic nitrogens is 4. The molecule has 0 bridgehead atoms. The van der Waals surface area contributed by atoms with Crippen molar-refractivity contribution in [3.8, 4) is 11.5 Å². The summed E-state index contributed by atoms with van der Waals surface area (Å²) in [4.78, 5) is 25.6. The topological polar surface area (TPSA) is 117 Å². The van der Waals surface area contributed by atoms with E-state index in [1.807, 2.05) is 23.6 Å². The minimum absolute atomic E-state index is 0.000789. The van der Waals surface area contributed by atoms with E-state index in [0.29, 0.717) is 54.9 Å². The number of benzene rings is 1. The quantitative estimate of drug-likeness (QED) is 0.471. The first-order valence-electron chi connectivity index (χ1n) is 9.07. The number of nitrogen functional groups attached to an aromatic ring is 1. The van der Waals surface area contributed by atoms with Crippen LogP contribution in [-0.2, 0) is 11.3 Å². The summed E-state index contributed by atoms with van der Waals surface area (Å²) in [6.07, 6.45) is 1.86. The first-order valence-corrected chi connectivity index (χ1v) is 11.0. The van der Waals surface area contributed by atoms with Crippen LogP contribution in [0.15, 0.2) is 28.5 Å². The predicted molar refractivity (Wildman–Crippen MR) is 117 cm³/mol. The molecule has 0 radical (unpaired) electrons. The van der Waals surface area contributed by atoms with Gasteiger partial charge in [-0.3, -0.25) is 4.79 Å². The molecule has 11 heteroatoms. The number of nitrogens with one attached hydrogen (secondary N) is 1. The number of imidazole rings is 1. The summed E-state index contributed by atoms with van der Waals surface area (Å²) in [7, 11) is 0. The van der Waals surface area contributed by atoms with Gasteiger partial charge < -0.3 is 25.1 Å². The Balaban J connectivity index is 1.68. The molecule has 4 rings (SSSR count). The van der Waals surface area contributed by atoms with Gasteiger partial charge in [-0.2, -0.15) is 0 Å². The molecule has 2 aromatic heterocycles. The second-order valence-electron chi connectivity index (χ2n) is 6.21. The molecule has 1 aromatic carbocycles. The lowest BCUT2D eigenvalue weighted by Crippen LogP contribution is -2.26. The molecule has 0 aliphatic carbocycles. The van der Waals surface area contributed by atoms with Gasteiger partial charge in [-0.25, -0.2) is 15.0 Å². The molecule has 3 heterocycles. The fraction of sp³-hybridized carbons (Fsp3) is 0.333. The summed E-state index contributed by atoms with van der Waals surface area (Å²) in [5.41, 5.74) is 7.19. The number of anilines is 1. The minimum atomic E-state index is -0.000789. The average Bonchev–Trinajstić information content (AvgIpc) is 3.07. The Kier molecular flexibility index (Phi) is 5.94. The molecule has 0 saturated heterocycles. The van der Waals surface area contributed by atoms with Crippen LogP contribution in [0.5, 0.6) is 11.5 Å². The highest BCUT2D eigenvalue weighted by atomic mass is 127. The van der Waals surface area contributed by atoms with Gasteiger partial charge >= 0.3 is 0 Å². The Bertz CT molecular complexity index is 1070.